The van der Waals surface area contributed by atoms with Crippen LogP contribution in [0, 0.1) is 39.0 Å². The standard InChI is InChI=1S/C21H21NO4/c1-13-9-14(2)21(16(4)15(13)3)18(23)11-26-20(24)12-25-19-8-6-5-7-17(19)10-22/h5-9H,11-12H2,1-4H3. The Labute approximate surface area is 153 Å². The van der Waals surface area contributed by atoms with Crippen LogP contribution in [0.3, 0.4) is 0 Å². The SMILES string of the molecule is Cc1cc(C)c(C(=O)COC(=O)COc2ccccc2C#N)c(C)c1C. The number of carbonyl (C=O) groups is 2. The van der Waals surface area contributed by atoms with E-state index in [1.807, 2.05) is 39.8 Å². The maximum Gasteiger partial charge on any atom is 0.344 e. The lowest BCUT2D eigenvalue weighted by atomic mass is 9.92. The number of hydrogen-bond donors (Lipinski definition) is 0. The zero-order valence-corrected chi connectivity index (χ0v) is 15.4. The highest BCUT2D eigenvalue weighted by atomic mass is 16.6. The molecule has 0 saturated heterocycles. The van der Waals surface area contributed by atoms with Gasteiger partial charge >= 0.3 is 5.97 Å². The summed E-state index contributed by atoms with van der Waals surface area (Å²) in [6.07, 6.45) is 0. The first kappa shape index (κ1) is 19.2. The highest BCUT2D eigenvalue weighted by Gasteiger charge is 2.17. The van der Waals surface area contributed by atoms with Gasteiger partial charge in [-0.2, -0.15) is 5.26 Å². The Kier molecular flexibility index (Phi) is 6.13. The molecule has 134 valence electrons. The molecule has 0 N–H and O–H groups in total. The lowest BCUT2D eigenvalue weighted by molar-refractivity contribution is -0.144. The van der Waals surface area contributed by atoms with Crippen LogP contribution in [0.4, 0.5) is 0 Å². The molecule has 0 fully saturated rings. The molecule has 5 heteroatoms. The van der Waals surface area contributed by atoms with Crippen molar-refractivity contribution in [3.8, 4) is 11.8 Å². The quantitative estimate of drug-likeness (QED) is 0.587. The molecule has 0 radical (unpaired) electrons. The van der Waals surface area contributed by atoms with Gasteiger partial charge < -0.3 is 9.47 Å². The van der Waals surface area contributed by atoms with Gasteiger partial charge in [-0.15, -0.1) is 0 Å². The second kappa shape index (κ2) is 8.30. The fraction of sp³-hybridized carbons (Fsp3) is 0.286. The fourth-order valence-corrected chi connectivity index (χ4v) is 2.79. The molecule has 0 unspecified atom stereocenters. The molecule has 0 saturated carbocycles. The minimum absolute atomic E-state index is 0.242. The van der Waals surface area contributed by atoms with Crippen molar-refractivity contribution in [1.29, 1.82) is 5.26 Å². The van der Waals surface area contributed by atoms with Gasteiger partial charge in [0.2, 0.25) is 5.78 Å². The molecular formula is C21H21NO4. The Morgan fingerprint density at radius 3 is 2.38 bits per heavy atom. The van der Waals surface area contributed by atoms with Gasteiger partial charge in [-0.3, -0.25) is 4.79 Å². The van der Waals surface area contributed by atoms with E-state index < -0.39 is 5.97 Å². The van der Waals surface area contributed by atoms with Crippen molar-refractivity contribution in [2.24, 2.45) is 0 Å². The van der Waals surface area contributed by atoms with Gasteiger partial charge in [0.15, 0.2) is 13.2 Å². The average molecular weight is 351 g/mol. The first-order valence-corrected chi connectivity index (χ1v) is 8.23. The van der Waals surface area contributed by atoms with E-state index >= 15 is 0 Å². The Morgan fingerprint density at radius 2 is 1.69 bits per heavy atom. The molecule has 5 nitrogen and oxygen atoms in total. The number of ketones is 1. The van der Waals surface area contributed by atoms with E-state index in [0.29, 0.717) is 16.9 Å². The minimum atomic E-state index is -0.662. The predicted molar refractivity (Wildman–Crippen MR) is 97.3 cm³/mol. The monoisotopic (exact) mass is 351 g/mol. The predicted octanol–water partition coefficient (Wildman–Crippen LogP) is 3.60. The summed E-state index contributed by atoms with van der Waals surface area (Å²) in [5.74, 6) is -0.599. The number of benzene rings is 2. The van der Waals surface area contributed by atoms with E-state index in [1.165, 1.54) is 0 Å². The van der Waals surface area contributed by atoms with Crippen molar-refractivity contribution >= 4 is 11.8 Å². The van der Waals surface area contributed by atoms with Gasteiger partial charge in [0.1, 0.15) is 11.8 Å². The smallest absolute Gasteiger partial charge is 0.344 e. The number of aryl methyl sites for hydroxylation is 2. The molecule has 2 aromatic carbocycles. The third-order valence-corrected chi connectivity index (χ3v) is 4.35. The van der Waals surface area contributed by atoms with Crippen LogP contribution in [-0.4, -0.2) is 25.0 Å². The molecule has 2 aromatic rings. The molecule has 0 heterocycles. The van der Waals surface area contributed by atoms with Crippen LogP contribution in [0.5, 0.6) is 5.75 Å². The molecule has 0 atom stereocenters. The normalized spacial score (nSPS) is 10.1. The van der Waals surface area contributed by atoms with Crippen LogP contribution in [0.1, 0.15) is 38.2 Å². The van der Waals surface area contributed by atoms with Crippen molar-refractivity contribution < 1.29 is 19.1 Å². The van der Waals surface area contributed by atoms with Crippen LogP contribution in [-0.2, 0) is 9.53 Å². The Bertz CT molecular complexity index is 894. The third-order valence-electron chi connectivity index (χ3n) is 4.35. The van der Waals surface area contributed by atoms with Gasteiger partial charge in [-0.1, -0.05) is 18.2 Å². The molecule has 0 amide bonds. The first-order valence-electron chi connectivity index (χ1n) is 8.23. The number of nitrogens with zero attached hydrogens (tertiary/aromatic N) is 1. The molecule has 0 aromatic heterocycles. The number of Topliss-reactive ketones (excluding diaryl/α,β-unsaturated/α-hetero) is 1. The van der Waals surface area contributed by atoms with Crippen molar-refractivity contribution in [3.63, 3.8) is 0 Å². The summed E-state index contributed by atoms with van der Waals surface area (Å²) in [7, 11) is 0. The number of hydrogen-bond acceptors (Lipinski definition) is 5. The lowest BCUT2D eigenvalue weighted by Gasteiger charge is -2.14. The van der Waals surface area contributed by atoms with Gasteiger partial charge in [-0.05, 0) is 62.1 Å². The number of para-hydroxylation sites is 1. The largest absolute Gasteiger partial charge is 0.481 e. The van der Waals surface area contributed by atoms with Crippen LogP contribution in [0.2, 0.25) is 0 Å². The van der Waals surface area contributed by atoms with Crippen LogP contribution >= 0.6 is 0 Å². The van der Waals surface area contributed by atoms with Gasteiger partial charge in [0, 0.05) is 5.56 Å². The van der Waals surface area contributed by atoms with Gasteiger partial charge in [0.25, 0.3) is 0 Å². The van der Waals surface area contributed by atoms with E-state index in [0.717, 1.165) is 22.3 Å². The Morgan fingerprint density at radius 1 is 1.00 bits per heavy atom. The molecule has 0 bridgehead atoms. The van der Waals surface area contributed by atoms with Gasteiger partial charge in [-0.25, -0.2) is 4.79 Å². The van der Waals surface area contributed by atoms with E-state index in [9.17, 15) is 9.59 Å². The maximum atomic E-state index is 12.5. The van der Waals surface area contributed by atoms with E-state index in [2.05, 4.69) is 0 Å². The highest BCUT2D eigenvalue weighted by molar-refractivity contribution is 6.01. The number of esters is 1. The fourth-order valence-electron chi connectivity index (χ4n) is 2.79. The van der Waals surface area contributed by atoms with Gasteiger partial charge in [0.05, 0.1) is 5.56 Å². The molecule has 26 heavy (non-hydrogen) atoms. The Balaban J connectivity index is 1.97. The van der Waals surface area contributed by atoms with Crippen LogP contribution < -0.4 is 4.74 Å². The zero-order chi connectivity index (χ0) is 19.3. The summed E-state index contributed by atoms with van der Waals surface area (Å²) < 4.78 is 10.3. The van der Waals surface area contributed by atoms with E-state index in [1.54, 1.807) is 24.3 Å². The molecule has 0 spiro atoms. The van der Waals surface area contributed by atoms with Crippen molar-refractivity contribution in [3.05, 3.63) is 63.7 Å². The minimum Gasteiger partial charge on any atom is -0.481 e. The summed E-state index contributed by atoms with van der Waals surface area (Å²) in [6, 6.07) is 10.5. The molecule has 2 rings (SSSR count). The molecule has 0 aliphatic carbocycles. The number of nitriles is 1. The molecule has 0 aliphatic rings. The summed E-state index contributed by atoms with van der Waals surface area (Å²) in [6.45, 7) is 7.03. The topological polar surface area (TPSA) is 76.4 Å². The lowest BCUT2D eigenvalue weighted by Crippen LogP contribution is -2.21. The van der Waals surface area contributed by atoms with Crippen LogP contribution in [0.15, 0.2) is 30.3 Å². The number of rotatable bonds is 6. The number of ether oxygens (including phenoxy) is 2. The summed E-state index contributed by atoms with van der Waals surface area (Å²) in [5.41, 5.74) is 4.88. The second-order valence-corrected chi connectivity index (χ2v) is 6.12. The molecular weight excluding hydrogens is 330 g/mol. The zero-order valence-electron chi connectivity index (χ0n) is 15.4. The van der Waals surface area contributed by atoms with E-state index in [4.69, 9.17) is 14.7 Å². The van der Waals surface area contributed by atoms with Crippen LogP contribution in [0.25, 0.3) is 0 Å². The molecule has 0 aliphatic heterocycles. The average Bonchev–Trinajstić information content (AvgIpc) is 2.63. The first-order chi connectivity index (χ1) is 12.3. The van der Waals surface area contributed by atoms with E-state index in [-0.39, 0.29) is 19.0 Å². The second-order valence-electron chi connectivity index (χ2n) is 6.12. The summed E-state index contributed by atoms with van der Waals surface area (Å²) in [4.78, 5) is 24.3. The maximum absolute atomic E-state index is 12.5. The highest BCUT2D eigenvalue weighted by Crippen LogP contribution is 2.22. The Hall–Kier alpha value is -3.13. The number of carbonyl (C=O) groups excluding carboxylic acids is 2. The van der Waals surface area contributed by atoms with Crippen molar-refractivity contribution in [2.45, 2.75) is 27.7 Å². The van der Waals surface area contributed by atoms with Crippen molar-refractivity contribution in [1.82, 2.24) is 0 Å². The summed E-state index contributed by atoms with van der Waals surface area (Å²) >= 11 is 0. The summed E-state index contributed by atoms with van der Waals surface area (Å²) in [5, 5.41) is 8.99. The third kappa shape index (κ3) is 4.28. The van der Waals surface area contributed by atoms with Crippen molar-refractivity contribution in [2.75, 3.05) is 13.2 Å².